The van der Waals surface area contributed by atoms with Crippen molar-refractivity contribution in [3.8, 4) is 6.07 Å². The first-order valence-corrected chi connectivity index (χ1v) is 6.59. The molecule has 0 aliphatic carbocycles. The van der Waals surface area contributed by atoms with Gasteiger partial charge in [0.1, 0.15) is 11.8 Å². The number of hydrogen-bond acceptors (Lipinski definition) is 6. The van der Waals surface area contributed by atoms with Crippen molar-refractivity contribution >= 4 is 22.8 Å². The average molecular weight is 292 g/mol. The van der Waals surface area contributed by atoms with E-state index >= 15 is 0 Å². The van der Waals surface area contributed by atoms with Gasteiger partial charge in [-0.05, 0) is 17.7 Å². The van der Waals surface area contributed by atoms with Gasteiger partial charge in [0, 0.05) is 6.42 Å². The average Bonchev–Trinajstić information content (AvgIpc) is 2.92. The predicted octanol–water partition coefficient (Wildman–Crippen LogP) is 1.09. The Bertz CT molecular complexity index is 875. The summed E-state index contributed by atoms with van der Waals surface area (Å²) in [5.41, 5.74) is 8.19. The maximum atomic E-state index is 12.2. The van der Waals surface area contributed by atoms with Gasteiger partial charge >= 0.3 is 0 Å². The second-order valence-electron chi connectivity index (χ2n) is 4.83. The summed E-state index contributed by atoms with van der Waals surface area (Å²) < 4.78 is 1.65. The molecule has 2 heterocycles. The molecule has 0 bridgehead atoms. The van der Waals surface area contributed by atoms with E-state index in [-0.39, 0.29) is 18.7 Å². The number of carbonyl (C=O) groups is 1. The third-order valence-electron chi connectivity index (χ3n) is 3.26. The lowest BCUT2D eigenvalue weighted by Crippen LogP contribution is -2.12. The maximum absolute atomic E-state index is 12.2. The number of rotatable bonds is 4. The lowest BCUT2D eigenvalue weighted by molar-refractivity contribution is -0.118. The number of anilines is 1. The zero-order valence-electron chi connectivity index (χ0n) is 11.6. The first-order chi connectivity index (χ1) is 10.7. The fourth-order valence-electron chi connectivity index (χ4n) is 2.19. The zero-order valence-corrected chi connectivity index (χ0v) is 11.6. The van der Waals surface area contributed by atoms with E-state index in [1.54, 1.807) is 28.8 Å². The summed E-state index contributed by atoms with van der Waals surface area (Å²) in [5.74, 6) is 0.310. The number of benzene rings is 1. The lowest BCUT2D eigenvalue weighted by atomic mass is 10.1. The van der Waals surface area contributed by atoms with Crippen molar-refractivity contribution in [3.05, 3.63) is 48.0 Å². The van der Waals surface area contributed by atoms with Crippen molar-refractivity contribution in [1.29, 1.82) is 5.26 Å². The van der Waals surface area contributed by atoms with Crippen LogP contribution in [-0.2, 0) is 17.8 Å². The van der Waals surface area contributed by atoms with Gasteiger partial charge in [-0.2, -0.15) is 5.26 Å². The highest BCUT2D eigenvalue weighted by atomic mass is 16.1. The molecule has 0 amide bonds. The highest BCUT2D eigenvalue weighted by molar-refractivity contribution is 5.85. The van der Waals surface area contributed by atoms with E-state index in [4.69, 9.17) is 11.0 Å². The molecule has 0 atom stereocenters. The van der Waals surface area contributed by atoms with Crippen LogP contribution in [0.15, 0.2) is 36.9 Å². The minimum Gasteiger partial charge on any atom is -0.382 e. The summed E-state index contributed by atoms with van der Waals surface area (Å²) in [5, 5.41) is 8.76. The van der Waals surface area contributed by atoms with Crippen molar-refractivity contribution in [2.24, 2.45) is 0 Å². The van der Waals surface area contributed by atoms with E-state index in [9.17, 15) is 4.79 Å². The topological polar surface area (TPSA) is 110 Å². The molecule has 3 rings (SSSR count). The number of imidazole rings is 1. The number of aromatic nitrogens is 4. The smallest absolute Gasteiger partial charge is 0.165 e. The molecule has 22 heavy (non-hydrogen) atoms. The van der Waals surface area contributed by atoms with Gasteiger partial charge < -0.3 is 10.3 Å². The van der Waals surface area contributed by atoms with Crippen LogP contribution in [0.2, 0.25) is 0 Å². The minimum atomic E-state index is 0.0150. The highest BCUT2D eigenvalue weighted by Gasteiger charge is 2.11. The van der Waals surface area contributed by atoms with Gasteiger partial charge in [0.2, 0.25) is 0 Å². The molecule has 0 saturated heterocycles. The van der Waals surface area contributed by atoms with E-state index in [1.165, 1.54) is 12.7 Å². The third-order valence-corrected chi connectivity index (χ3v) is 3.26. The van der Waals surface area contributed by atoms with E-state index in [1.807, 2.05) is 6.07 Å². The van der Waals surface area contributed by atoms with E-state index in [0.29, 0.717) is 22.5 Å². The molecule has 7 heteroatoms. The van der Waals surface area contributed by atoms with Crippen LogP contribution in [0.1, 0.15) is 11.1 Å². The number of Topliss-reactive ketones (excluding diaryl/α,β-unsaturated/α-hetero) is 1. The Labute approximate surface area is 126 Å². The van der Waals surface area contributed by atoms with Crippen molar-refractivity contribution in [2.75, 3.05) is 5.73 Å². The van der Waals surface area contributed by atoms with Gasteiger partial charge in [-0.1, -0.05) is 12.1 Å². The van der Waals surface area contributed by atoms with Gasteiger partial charge in [-0.3, -0.25) is 4.79 Å². The number of nitrogens with two attached hydrogens (primary N) is 1. The maximum Gasteiger partial charge on any atom is 0.165 e. The molecular weight excluding hydrogens is 280 g/mol. The molecule has 0 aliphatic rings. The van der Waals surface area contributed by atoms with Crippen LogP contribution in [0.25, 0.3) is 11.2 Å². The summed E-state index contributed by atoms with van der Waals surface area (Å²) in [6.07, 6.45) is 3.17. The number of hydrogen-bond donors (Lipinski definition) is 1. The molecule has 7 nitrogen and oxygen atoms in total. The Morgan fingerprint density at radius 1 is 1.23 bits per heavy atom. The van der Waals surface area contributed by atoms with Gasteiger partial charge in [0.25, 0.3) is 0 Å². The molecule has 0 aliphatic heterocycles. The normalized spacial score (nSPS) is 10.5. The molecule has 2 N–H and O–H groups in total. The first-order valence-electron chi connectivity index (χ1n) is 6.59. The second kappa shape index (κ2) is 5.61. The Balaban J connectivity index is 1.75. The second-order valence-corrected chi connectivity index (χ2v) is 4.83. The predicted molar refractivity (Wildman–Crippen MR) is 79.6 cm³/mol. The standard InChI is InChI=1S/C15H12N6O/c16-6-11-3-1-10(2-4-11)5-12(22)7-21-9-20-13-14(17)18-8-19-15(13)21/h1-4,8-9H,5,7H2,(H2,17,18,19). The fraction of sp³-hybridized carbons (Fsp3) is 0.133. The number of nitriles is 1. The summed E-state index contributed by atoms with van der Waals surface area (Å²) in [6.45, 7) is 0.160. The Morgan fingerprint density at radius 3 is 2.73 bits per heavy atom. The van der Waals surface area contributed by atoms with Crippen LogP contribution in [0, 0.1) is 11.3 Å². The van der Waals surface area contributed by atoms with Crippen LogP contribution < -0.4 is 5.73 Å². The molecule has 0 spiro atoms. The van der Waals surface area contributed by atoms with Crippen LogP contribution >= 0.6 is 0 Å². The minimum absolute atomic E-state index is 0.0150. The summed E-state index contributed by atoms with van der Waals surface area (Å²) in [6, 6.07) is 9.00. The quantitative estimate of drug-likeness (QED) is 0.770. The van der Waals surface area contributed by atoms with Crippen LogP contribution in [0.4, 0.5) is 5.82 Å². The Kier molecular flexibility index (Phi) is 3.50. The molecule has 2 aromatic heterocycles. The molecule has 3 aromatic rings. The Morgan fingerprint density at radius 2 is 2.00 bits per heavy atom. The van der Waals surface area contributed by atoms with Gasteiger partial charge in [-0.25, -0.2) is 15.0 Å². The molecule has 0 saturated carbocycles. The third kappa shape index (κ3) is 2.62. The molecule has 1 aromatic carbocycles. The highest BCUT2D eigenvalue weighted by Crippen LogP contribution is 2.14. The van der Waals surface area contributed by atoms with Crippen LogP contribution in [0.3, 0.4) is 0 Å². The summed E-state index contributed by atoms with van der Waals surface area (Å²) in [4.78, 5) is 24.3. The monoisotopic (exact) mass is 292 g/mol. The van der Waals surface area contributed by atoms with E-state index in [2.05, 4.69) is 15.0 Å². The number of ketones is 1. The molecular formula is C15H12N6O. The van der Waals surface area contributed by atoms with Gasteiger partial charge in [0.15, 0.2) is 17.2 Å². The number of fused-ring (bicyclic) bond motifs is 1. The first kappa shape index (κ1) is 13.7. The molecule has 0 unspecified atom stereocenters. The van der Waals surface area contributed by atoms with Crippen molar-refractivity contribution < 1.29 is 4.79 Å². The molecule has 0 radical (unpaired) electrons. The summed E-state index contributed by atoms with van der Waals surface area (Å²) in [7, 11) is 0. The van der Waals surface area contributed by atoms with Crippen LogP contribution in [-0.4, -0.2) is 25.3 Å². The zero-order chi connectivity index (χ0) is 15.5. The number of nitrogen functional groups attached to an aromatic ring is 1. The number of nitrogens with zero attached hydrogens (tertiary/aromatic N) is 5. The SMILES string of the molecule is N#Cc1ccc(CC(=O)Cn2cnc3c(N)ncnc32)cc1. The van der Waals surface area contributed by atoms with Crippen molar-refractivity contribution in [2.45, 2.75) is 13.0 Å². The number of carbonyl (C=O) groups excluding carboxylic acids is 1. The molecule has 108 valence electrons. The van der Waals surface area contributed by atoms with Crippen LogP contribution in [0.5, 0.6) is 0 Å². The molecule has 0 fully saturated rings. The van der Waals surface area contributed by atoms with E-state index < -0.39 is 0 Å². The van der Waals surface area contributed by atoms with Crippen molar-refractivity contribution in [3.63, 3.8) is 0 Å². The summed E-state index contributed by atoms with van der Waals surface area (Å²) >= 11 is 0. The fourth-order valence-corrected chi connectivity index (χ4v) is 2.19. The van der Waals surface area contributed by atoms with E-state index in [0.717, 1.165) is 5.56 Å². The van der Waals surface area contributed by atoms with Gasteiger partial charge in [-0.15, -0.1) is 0 Å². The van der Waals surface area contributed by atoms with Crippen molar-refractivity contribution in [1.82, 2.24) is 19.5 Å². The Hall–Kier alpha value is -3.27. The largest absolute Gasteiger partial charge is 0.382 e. The van der Waals surface area contributed by atoms with Gasteiger partial charge in [0.05, 0.1) is 24.5 Å². The lowest BCUT2D eigenvalue weighted by Gasteiger charge is -2.04.